The number of nitrogens with two attached hydrogens (primary N) is 1. The molecule has 0 aliphatic rings. The molecule has 0 saturated heterocycles. The number of rotatable bonds is 3. The highest BCUT2D eigenvalue weighted by atomic mass is 19.4. The Bertz CT molecular complexity index is 543. The van der Waals surface area contributed by atoms with E-state index in [9.17, 15) is 18.0 Å². The second-order valence-electron chi connectivity index (χ2n) is 6.33. The maximum absolute atomic E-state index is 12.9. The summed E-state index contributed by atoms with van der Waals surface area (Å²) in [4.78, 5) is 12.3. The van der Waals surface area contributed by atoms with E-state index in [1.54, 1.807) is 27.7 Å². The number of alkyl halides is 3. The molecular weight excluding hydrogens is 281 g/mol. The van der Waals surface area contributed by atoms with Gasteiger partial charge in [0.25, 0.3) is 0 Å². The van der Waals surface area contributed by atoms with E-state index in [4.69, 9.17) is 5.73 Å². The molecule has 0 saturated carbocycles. The summed E-state index contributed by atoms with van der Waals surface area (Å²) in [5.41, 5.74) is 3.66. The second kappa shape index (κ2) is 5.33. The van der Waals surface area contributed by atoms with Crippen molar-refractivity contribution in [2.45, 2.75) is 46.3 Å². The zero-order valence-corrected chi connectivity index (χ0v) is 12.9. The monoisotopic (exact) mass is 302 g/mol. The lowest BCUT2D eigenvalue weighted by Crippen LogP contribution is -2.53. The highest BCUT2D eigenvalue weighted by Gasteiger charge is 2.40. The predicted octanol–water partition coefficient (Wildman–Crippen LogP) is 3.72. The van der Waals surface area contributed by atoms with Gasteiger partial charge in [0.2, 0.25) is 5.91 Å². The molecule has 0 aliphatic carbocycles. The Balaban J connectivity index is 3.08. The van der Waals surface area contributed by atoms with Gasteiger partial charge in [-0.2, -0.15) is 13.2 Å². The molecule has 0 heterocycles. The molecule has 0 aromatic heterocycles. The normalized spacial score (nSPS) is 13.2. The van der Waals surface area contributed by atoms with Crippen molar-refractivity contribution in [3.05, 3.63) is 29.3 Å². The van der Waals surface area contributed by atoms with E-state index in [0.29, 0.717) is 0 Å². The molecule has 0 spiro atoms. The molecule has 1 rings (SSSR count). The molecule has 0 radical (unpaired) electrons. The van der Waals surface area contributed by atoms with Crippen LogP contribution in [-0.4, -0.2) is 11.4 Å². The summed E-state index contributed by atoms with van der Waals surface area (Å²) in [6.07, 6.45) is -4.45. The summed E-state index contributed by atoms with van der Waals surface area (Å²) in [5.74, 6) is -0.424. The SMILES string of the molecule is Cc1ccc(NC(=O)C(C)(C)C(C)(C)N)cc1C(F)(F)F. The van der Waals surface area contributed by atoms with Gasteiger partial charge < -0.3 is 11.1 Å². The number of amides is 1. The molecule has 1 aromatic carbocycles. The lowest BCUT2D eigenvalue weighted by atomic mass is 9.74. The summed E-state index contributed by atoms with van der Waals surface area (Å²) >= 11 is 0. The van der Waals surface area contributed by atoms with Crippen molar-refractivity contribution in [2.24, 2.45) is 11.1 Å². The molecule has 0 aliphatic heterocycles. The van der Waals surface area contributed by atoms with Crippen LogP contribution in [0.25, 0.3) is 0 Å². The van der Waals surface area contributed by atoms with Crippen molar-refractivity contribution >= 4 is 11.6 Å². The molecular formula is C15H21F3N2O. The topological polar surface area (TPSA) is 55.1 Å². The van der Waals surface area contributed by atoms with Crippen LogP contribution in [-0.2, 0) is 11.0 Å². The molecule has 0 atom stereocenters. The van der Waals surface area contributed by atoms with E-state index < -0.39 is 28.6 Å². The Morgan fingerprint density at radius 3 is 2.10 bits per heavy atom. The molecule has 6 heteroatoms. The average molecular weight is 302 g/mol. The van der Waals surface area contributed by atoms with E-state index in [-0.39, 0.29) is 11.3 Å². The molecule has 3 N–H and O–H groups in total. The van der Waals surface area contributed by atoms with Crippen LogP contribution in [0.5, 0.6) is 0 Å². The molecule has 118 valence electrons. The van der Waals surface area contributed by atoms with E-state index >= 15 is 0 Å². The minimum absolute atomic E-state index is 0.107. The Labute approximate surface area is 122 Å². The minimum atomic E-state index is -4.45. The van der Waals surface area contributed by atoms with Gasteiger partial charge in [0.05, 0.1) is 11.0 Å². The van der Waals surface area contributed by atoms with E-state index in [1.807, 2.05) is 0 Å². The van der Waals surface area contributed by atoms with Gasteiger partial charge in [-0.1, -0.05) is 6.07 Å². The number of aryl methyl sites for hydroxylation is 1. The molecule has 0 unspecified atom stereocenters. The first-order valence-corrected chi connectivity index (χ1v) is 6.55. The number of carbonyl (C=O) groups is 1. The fraction of sp³-hybridized carbons (Fsp3) is 0.533. The second-order valence-corrected chi connectivity index (χ2v) is 6.33. The molecule has 0 bridgehead atoms. The Hall–Kier alpha value is -1.56. The fourth-order valence-corrected chi connectivity index (χ4v) is 1.59. The van der Waals surface area contributed by atoms with E-state index in [1.165, 1.54) is 19.1 Å². The number of nitrogens with one attached hydrogen (secondary N) is 1. The van der Waals surface area contributed by atoms with Crippen LogP contribution in [0.4, 0.5) is 18.9 Å². The van der Waals surface area contributed by atoms with Crippen molar-refractivity contribution in [3.63, 3.8) is 0 Å². The maximum atomic E-state index is 12.9. The summed E-state index contributed by atoms with van der Waals surface area (Å²) in [7, 11) is 0. The van der Waals surface area contributed by atoms with Crippen LogP contribution in [0.2, 0.25) is 0 Å². The van der Waals surface area contributed by atoms with Crippen LogP contribution >= 0.6 is 0 Å². The van der Waals surface area contributed by atoms with Gasteiger partial charge in [-0.05, 0) is 52.3 Å². The Morgan fingerprint density at radius 1 is 1.14 bits per heavy atom. The molecule has 21 heavy (non-hydrogen) atoms. The standard InChI is InChI=1S/C15H21F3N2O/c1-9-6-7-10(8-11(9)15(16,17)18)20-12(21)13(2,3)14(4,5)19/h6-8H,19H2,1-5H3,(H,20,21). The number of anilines is 1. The van der Waals surface area contributed by atoms with Gasteiger partial charge in [-0.25, -0.2) is 0 Å². The van der Waals surface area contributed by atoms with E-state index in [2.05, 4.69) is 5.32 Å². The maximum Gasteiger partial charge on any atom is 0.416 e. The molecule has 1 amide bonds. The number of hydrogen-bond donors (Lipinski definition) is 2. The summed E-state index contributed by atoms with van der Waals surface area (Å²) in [6, 6.07) is 3.72. The third kappa shape index (κ3) is 3.75. The zero-order valence-electron chi connectivity index (χ0n) is 12.9. The van der Waals surface area contributed by atoms with Gasteiger partial charge in [0.15, 0.2) is 0 Å². The minimum Gasteiger partial charge on any atom is -0.326 e. The van der Waals surface area contributed by atoms with Crippen LogP contribution in [0, 0.1) is 12.3 Å². The highest BCUT2D eigenvalue weighted by Crippen LogP contribution is 2.34. The zero-order chi connectivity index (χ0) is 16.6. The Kier molecular flexibility index (Phi) is 4.44. The molecule has 1 aromatic rings. The Morgan fingerprint density at radius 2 is 1.67 bits per heavy atom. The number of hydrogen-bond acceptors (Lipinski definition) is 2. The van der Waals surface area contributed by atoms with Crippen LogP contribution in [0.15, 0.2) is 18.2 Å². The van der Waals surface area contributed by atoms with Crippen LogP contribution in [0.3, 0.4) is 0 Å². The van der Waals surface area contributed by atoms with Crippen molar-refractivity contribution in [2.75, 3.05) is 5.32 Å². The highest BCUT2D eigenvalue weighted by molar-refractivity contribution is 5.95. The lowest BCUT2D eigenvalue weighted by Gasteiger charge is -2.36. The lowest BCUT2D eigenvalue weighted by molar-refractivity contribution is -0.138. The first-order valence-electron chi connectivity index (χ1n) is 6.55. The fourth-order valence-electron chi connectivity index (χ4n) is 1.59. The third-order valence-electron chi connectivity index (χ3n) is 3.98. The number of carbonyl (C=O) groups excluding carboxylic acids is 1. The van der Waals surface area contributed by atoms with Gasteiger partial charge in [-0.3, -0.25) is 4.79 Å². The van der Waals surface area contributed by atoms with Gasteiger partial charge in [0, 0.05) is 11.2 Å². The smallest absolute Gasteiger partial charge is 0.326 e. The first kappa shape index (κ1) is 17.5. The van der Waals surface area contributed by atoms with Crippen molar-refractivity contribution in [1.82, 2.24) is 0 Å². The predicted molar refractivity (Wildman–Crippen MR) is 76.9 cm³/mol. The first-order chi connectivity index (χ1) is 9.26. The molecule has 3 nitrogen and oxygen atoms in total. The van der Waals surface area contributed by atoms with Crippen LogP contribution in [0.1, 0.15) is 38.8 Å². The van der Waals surface area contributed by atoms with Gasteiger partial charge in [-0.15, -0.1) is 0 Å². The third-order valence-corrected chi connectivity index (χ3v) is 3.98. The van der Waals surface area contributed by atoms with Crippen molar-refractivity contribution in [3.8, 4) is 0 Å². The number of benzene rings is 1. The van der Waals surface area contributed by atoms with Gasteiger partial charge >= 0.3 is 6.18 Å². The average Bonchev–Trinajstić information content (AvgIpc) is 2.28. The van der Waals surface area contributed by atoms with E-state index in [0.717, 1.165) is 6.07 Å². The molecule has 0 fully saturated rings. The summed E-state index contributed by atoms with van der Waals surface area (Å²) in [5, 5.41) is 2.51. The quantitative estimate of drug-likeness (QED) is 0.894. The van der Waals surface area contributed by atoms with Gasteiger partial charge in [0.1, 0.15) is 0 Å². The number of halogens is 3. The van der Waals surface area contributed by atoms with Crippen molar-refractivity contribution < 1.29 is 18.0 Å². The van der Waals surface area contributed by atoms with Crippen molar-refractivity contribution in [1.29, 1.82) is 0 Å². The van der Waals surface area contributed by atoms with Crippen LogP contribution < -0.4 is 11.1 Å². The summed E-state index contributed by atoms with van der Waals surface area (Å²) < 4.78 is 38.6. The largest absolute Gasteiger partial charge is 0.416 e. The summed E-state index contributed by atoms with van der Waals surface area (Å²) in [6.45, 7) is 8.08.